The van der Waals surface area contributed by atoms with Crippen molar-refractivity contribution >= 4 is 5.91 Å². The lowest BCUT2D eigenvalue weighted by atomic mass is 9.81. The average molecular weight is 306 g/mol. The summed E-state index contributed by atoms with van der Waals surface area (Å²) < 4.78 is 37.8. The van der Waals surface area contributed by atoms with Crippen LogP contribution < -0.4 is 11.1 Å². The molecule has 0 atom stereocenters. The maximum Gasteiger partial charge on any atom is 0.391 e. The number of halogens is 3. The first-order chi connectivity index (χ1) is 9.90. The molecule has 0 unspecified atom stereocenters. The fourth-order valence-electron chi connectivity index (χ4n) is 3.54. The molecule has 2 rings (SSSR count). The summed E-state index contributed by atoms with van der Waals surface area (Å²) in [5.74, 6) is -0.615. The van der Waals surface area contributed by atoms with E-state index in [0.29, 0.717) is 25.3 Å². The highest BCUT2D eigenvalue weighted by Crippen LogP contribution is 2.37. The molecular formula is C15H25F3N2O. The predicted molar refractivity (Wildman–Crippen MR) is 74.4 cm³/mol. The Bertz CT molecular complexity index is 343. The lowest BCUT2D eigenvalue weighted by Gasteiger charge is -2.32. The van der Waals surface area contributed by atoms with Gasteiger partial charge in [-0.25, -0.2) is 0 Å². The number of carbonyl (C=O) groups excluding carboxylic acids is 1. The van der Waals surface area contributed by atoms with Gasteiger partial charge in [-0.3, -0.25) is 4.79 Å². The molecule has 0 saturated heterocycles. The Kier molecular flexibility index (Phi) is 5.52. The van der Waals surface area contributed by atoms with Crippen LogP contribution in [-0.2, 0) is 4.79 Å². The molecule has 0 bridgehead atoms. The molecule has 0 aromatic carbocycles. The molecule has 6 heteroatoms. The summed E-state index contributed by atoms with van der Waals surface area (Å²) in [7, 11) is 0. The molecule has 1 amide bonds. The van der Waals surface area contributed by atoms with Crippen LogP contribution in [0.4, 0.5) is 13.2 Å². The molecule has 122 valence electrons. The van der Waals surface area contributed by atoms with Crippen LogP contribution in [-0.4, -0.2) is 24.7 Å². The monoisotopic (exact) mass is 306 g/mol. The van der Waals surface area contributed by atoms with E-state index in [9.17, 15) is 18.0 Å². The number of alkyl halides is 3. The van der Waals surface area contributed by atoms with Crippen molar-refractivity contribution < 1.29 is 18.0 Å². The molecule has 2 fully saturated rings. The fourth-order valence-corrected chi connectivity index (χ4v) is 3.54. The Balaban J connectivity index is 1.72. The third-order valence-electron chi connectivity index (χ3n) is 5.09. The van der Waals surface area contributed by atoms with Crippen LogP contribution in [0.3, 0.4) is 0 Å². The minimum Gasteiger partial charge on any atom is -0.353 e. The molecule has 0 aromatic rings. The zero-order valence-corrected chi connectivity index (χ0v) is 12.3. The van der Waals surface area contributed by atoms with Gasteiger partial charge in [0.1, 0.15) is 0 Å². The van der Waals surface area contributed by atoms with Crippen molar-refractivity contribution in [2.24, 2.45) is 23.5 Å². The highest BCUT2D eigenvalue weighted by Gasteiger charge is 2.41. The van der Waals surface area contributed by atoms with Crippen LogP contribution in [0.5, 0.6) is 0 Å². The third-order valence-corrected chi connectivity index (χ3v) is 5.09. The third kappa shape index (κ3) is 4.59. The standard InChI is InChI=1S/C15H25F3N2O/c16-15(17,18)12-5-7-13(8-6-12)20-14(21)11-3-1-10(9-19)2-4-11/h10-13H,1-9,19H2,(H,20,21). The molecular weight excluding hydrogens is 281 g/mol. The molecule has 3 nitrogen and oxygen atoms in total. The Morgan fingerprint density at radius 1 is 1.00 bits per heavy atom. The highest BCUT2D eigenvalue weighted by molar-refractivity contribution is 5.79. The van der Waals surface area contributed by atoms with Gasteiger partial charge in [0.2, 0.25) is 5.91 Å². The molecule has 0 aliphatic heterocycles. The van der Waals surface area contributed by atoms with E-state index in [4.69, 9.17) is 5.73 Å². The van der Waals surface area contributed by atoms with Gasteiger partial charge in [0.25, 0.3) is 0 Å². The Hall–Kier alpha value is -0.780. The second-order valence-electron chi connectivity index (χ2n) is 6.55. The smallest absolute Gasteiger partial charge is 0.353 e. The number of rotatable bonds is 3. The van der Waals surface area contributed by atoms with E-state index < -0.39 is 12.1 Å². The highest BCUT2D eigenvalue weighted by atomic mass is 19.4. The van der Waals surface area contributed by atoms with Crippen LogP contribution in [0.25, 0.3) is 0 Å². The Labute approximate surface area is 123 Å². The zero-order valence-electron chi connectivity index (χ0n) is 12.3. The van der Waals surface area contributed by atoms with Gasteiger partial charge >= 0.3 is 6.18 Å². The number of hydrogen-bond donors (Lipinski definition) is 2. The summed E-state index contributed by atoms with van der Waals surface area (Å²) in [6.45, 7) is 0.676. The quantitative estimate of drug-likeness (QED) is 0.842. The molecule has 0 radical (unpaired) electrons. The van der Waals surface area contributed by atoms with Crippen molar-refractivity contribution in [3.8, 4) is 0 Å². The number of amides is 1. The van der Waals surface area contributed by atoms with E-state index in [2.05, 4.69) is 5.32 Å². The molecule has 3 N–H and O–H groups in total. The minimum absolute atomic E-state index is 0.0214. The molecule has 2 saturated carbocycles. The van der Waals surface area contributed by atoms with E-state index >= 15 is 0 Å². The summed E-state index contributed by atoms with van der Waals surface area (Å²) >= 11 is 0. The van der Waals surface area contributed by atoms with Crippen LogP contribution in [0.1, 0.15) is 51.4 Å². The normalized spacial score (nSPS) is 34.5. The van der Waals surface area contributed by atoms with Crippen molar-refractivity contribution in [1.29, 1.82) is 0 Å². The first-order valence-corrected chi connectivity index (χ1v) is 7.97. The summed E-state index contributed by atoms with van der Waals surface area (Å²) in [4.78, 5) is 12.2. The maximum absolute atomic E-state index is 12.6. The molecule has 0 spiro atoms. The number of nitrogens with two attached hydrogens (primary N) is 1. The van der Waals surface area contributed by atoms with E-state index in [1.54, 1.807) is 0 Å². The first kappa shape index (κ1) is 16.6. The van der Waals surface area contributed by atoms with Crippen molar-refractivity contribution in [3.63, 3.8) is 0 Å². The lowest BCUT2D eigenvalue weighted by Crippen LogP contribution is -2.43. The zero-order chi connectivity index (χ0) is 15.5. The average Bonchev–Trinajstić information content (AvgIpc) is 2.47. The van der Waals surface area contributed by atoms with E-state index in [1.807, 2.05) is 0 Å². The largest absolute Gasteiger partial charge is 0.391 e. The van der Waals surface area contributed by atoms with Crippen molar-refractivity contribution in [3.05, 3.63) is 0 Å². The van der Waals surface area contributed by atoms with E-state index in [-0.39, 0.29) is 30.7 Å². The first-order valence-electron chi connectivity index (χ1n) is 7.97. The minimum atomic E-state index is -4.09. The van der Waals surface area contributed by atoms with Gasteiger partial charge < -0.3 is 11.1 Å². The van der Waals surface area contributed by atoms with Crippen LogP contribution >= 0.6 is 0 Å². The fraction of sp³-hybridized carbons (Fsp3) is 0.933. The van der Waals surface area contributed by atoms with Gasteiger partial charge in [0.15, 0.2) is 0 Å². The second kappa shape index (κ2) is 6.99. The van der Waals surface area contributed by atoms with Crippen LogP contribution in [0, 0.1) is 17.8 Å². The van der Waals surface area contributed by atoms with Gasteiger partial charge in [-0.05, 0) is 63.8 Å². The van der Waals surface area contributed by atoms with Gasteiger partial charge in [0, 0.05) is 12.0 Å². The summed E-state index contributed by atoms with van der Waals surface area (Å²) in [6, 6.07) is -0.0802. The Morgan fingerprint density at radius 3 is 2.05 bits per heavy atom. The van der Waals surface area contributed by atoms with Crippen molar-refractivity contribution in [1.82, 2.24) is 5.32 Å². The second-order valence-corrected chi connectivity index (χ2v) is 6.55. The van der Waals surface area contributed by atoms with E-state index in [0.717, 1.165) is 25.7 Å². The molecule has 0 heterocycles. The van der Waals surface area contributed by atoms with Crippen LogP contribution in [0.2, 0.25) is 0 Å². The maximum atomic E-state index is 12.6. The van der Waals surface area contributed by atoms with Crippen molar-refractivity contribution in [2.75, 3.05) is 6.54 Å². The number of carbonyl (C=O) groups is 1. The number of hydrogen-bond acceptors (Lipinski definition) is 2. The van der Waals surface area contributed by atoms with Gasteiger partial charge in [-0.2, -0.15) is 13.2 Å². The topological polar surface area (TPSA) is 55.1 Å². The molecule has 21 heavy (non-hydrogen) atoms. The molecule has 0 aromatic heterocycles. The van der Waals surface area contributed by atoms with Crippen molar-refractivity contribution in [2.45, 2.75) is 63.6 Å². The van der Waals surface area contributed by atoms with Gasteiger partial charge in [-0.15, -0.1) is 0 Å². The summed E-state index contributed by atoms with van der Waals surface area (Å²) in [6.07, 6.45) is 0.725. The number of nitrogens with one attached hydrogen (secondary N) is 1. The van der Waals surface area contributed by atoms with Crippen LogP contribution in [0.15, 0.2) is 0 Å². The van der Waals surface area contributed by atoms with E-state index in [1.165, 1.54) is 0 Å². The Morgan fingerprint density at radius 2 is 1.57 bits per heavy atom. The summed E-state index contributed by atoms with van der Waals surface area (Å²) in [5, 5.41) is 2.96. The van der Waals surface area contributed by atoms with Gasteiger partial charge in [0.05, 0.1) is 5.92 Å². The van der Waals surface area contributed by atoms with Gasteiger partial charge in [-0.1, -0.05) is 0 Å². The lowest BCUT2D eigenvalue weighted by molar-refractivity contribution is -0.182. The molecule has 2 aliphatic rings. The predicted octanol–water partition coefficient (Wildman–Crippen LogP) is 2.99. The molecule has 2 aliphatic carbocycles. The SMILES string of the molecule is NCC1CCC(C(=O)NC2CCC(C(F)(F)F)CC2)CC1. The summed E-state index contributed by atoms with van der Waals surface area (Å²) in [5.41, 5.74) is 5.63.